The number of hydrogen-bond acceptors (Lipinski definition) is 4. The van der Waals surface area contributed by atoms with Crippen LogP contribution in [0.5, 0.6) is 0 Å². The fraction of sp³-hybridized carbons (Fsp3) is 0.682. The predicted molar refractivity (Wildman–Crippen MR) is 110 cm³/mol. The Labute approximate surface area is 167 Å². The van der Waals surface area contributed by atoms with Gasteiger partial charge in [-0.1, -0.05) is 31.0 Å². The van der Waals surface area contributed by atoms with Gasteiger partial charge in [-0.25, -0.2) is 0 Å². The van der Waals surface area contributed by atoms with Crippen LogP contribution in [0.15, 0.2) is 35.2 Å². The van der Waals surface area contributed by atoms with Crippen molar-refractivity contribution in [1.29, 1.82) is 0 Å². The van der Waals surface area contributed by atoms with Gasteiger partial charge in [0.2, 0.25) is 5.91 Å². The van der Waals surface area contributed by atoms with Gasteiger partial charge >= 0.3 is 0 Å². The van der Waals surface area contributed by atoms with Crippen molar-refractivity contribution in [2.75, 3.05) is 38.5 Å². The quantitative estimate of drug-likeness (QED) is 0.787. The molecule has 0 unspecified atom stereocenters. The molecule has 5 heteroatoms. The molecule has 27 heavy (non-hydrogen) atoms. The molecule has 1 amide bonds. The molecule has 2 aliphatic heterocycles. The fourth-order valence-corrected chi connectivity index (χ4v) is 5.95. The third kappa shape index (κ3) is 4.52. The summed E-state index contributed by atoms with van der Waals surface area (Å²) in [5, 5.41) is 11.1. The third-order valence-electron chi connectivity index (χ3n) is 6.79. The molecule has 148 valence electrons. The molecule has 0 bridgehead atoms. The highest BCUT2D eigenvalue weighted by Gasteiger charge is 2.46. The average molecular weight is 389 g/mol. The Morgan fingerprint density at radius 2 is 1.85 bits per heavy atom. The van der Waals surface area contributed by atoms with Gasteiger partial charge in [0.05, 0.1) is 5.60 Å². The maximum absolute atomic E-state index is 12.8. The van der Waals surface area contributed by atoms with Crippen LogP contribution in [-0.4, -0.2) is 64.9 Å². The number of benzene rings is 1. The van der Waals surface area contributed by atoms with Crippen LogP contribution in [0.25, 0.3) is 0 Å². The Bertz CT molecular complexity index is 634. The predicted octanol–water partition coefficient (Wildman–Crippen LogP) is 3.25. The molecule has 1 aromatic rings. The molecule has 1 aliphatic carbocycles. The first-order chi connectivity index (χ1) is 13.1. The van der Waals surface area contributed by atoms with Crippen molar-refractivity contribution in [2.45, 2.75) is 49.0 Å². The minimum atomic E-state index is -0.560. The summed E-state index contributed by atoms with van der Waals surface area (Å²) in [6.45, 7) is 4.42. The van der Waals surface area contributed by atoms with Gasteiger partial charge < -0.3 is 14.9 Å². The van der Waals surface area contributed by atoms with Gasteiger partial charge in [-0.15, -0.1) is 11.8 Å². The summed E-state index contributed by atoms with van der Waals surface area (Å²) >= 11 is 1.90. The van der Waals surface area contributed by atoms with Crippen molar-refractivity contribution in [3.8, 4) is 0 Å². The zero-order valence-corrected chi connectivity index (χ0v) is 17.0. The maximum Gasteiger partial charge on any atom is 0.225 e. The van der Waals surface area contributed by atoms with E-state index < -0.39 is 5.60 Å². The lowest BCUT2D eigenvalue weighted by Gasteiger charge is -2.50. The number of nitrogens with zero attached hydrogens (tertiary/aromatic N) is 2. The number of amides is 1. The summed E-state index contributed by atoms with van der Waals surface area (Å²) in [4.78, 5) is 18.7. The number of likely N-dealkylation sites (tertiary alicyclic amines) is 2. The summed E-state index contributed by atoms with van der Waals surface area (Å²) < 4.78 is 0. The highest BCUT2D eigenvalue weighted by atomic mass is 32.2. The lowest BCUT2D eigenvalue weighted by Crippen LogP contribution is -2.61. The summed E-state index contributed by atoms with van der Waals surface area (Å²) in [7, 11) is 0. The fourth-order valence-electron chi connectivity index (χ4n) is 5.01. The molecular weight excluding hydrogens is 356 g/mol. The topological polar surface area (TPSA) is 43.8 Å². The first kappa shape index (κ1) is 19.3. The van der Waals surface area contributed by atoms with E-state index in [4.69, 9.17) is 0 Å². The molecular formula is C22H32N2O2S. The zero-order chi connectivity index (χ0) is 18.7. The normalized spacial score (nSPS) is 29.7. The number of hydrogen-bond donors (Lipinski definition) is 1. The number of piperidine rings is 2. The molecule has 0 spiro atoms. The number of aliphatic hydroxyl groups is 1. The van der Waals surface area contributed by atoms with E-state index in [0.29, 0.717) is 5.91 Å². The average Bonchev–Trinajstić information content (AvgIpc) is 3.23. The standard InChI is InChI=1S/C22H32N2O2S/c25-21(18-6-4-5-7-18)24-13-11-22(26)10-12-23(16-19(22)17-24)14-15-27-20-8-2-1-3-9-20/h1-3,8-9,18-19,26H,4-7,10-17H2/t19-,22-/m1/s1. The van der Waals surface area contributed by atoms with Gasteiger partial charge in [0.25, 0.3) is 0 Å². The lowest BCUT2D eigenvalue weighted by molar-refractivity contribution is -0.150. The lowest BCUT2D eigenvalue weighted by atomic mass is 9.75. The first-order valence-corrected chi connectivity index (χ1v) is 11.5. The zero-order valence-electron chi connectivity index (χ0n) is 16.2. The summed E-state index contributed by atoms with van der Waals surface area (Å²) in [5.74, 6) is 1.87. The smallest absolute Gasteiger partial charge is 0.225 e. The molecule has 4 rings (SSSR count). The second-order valence-electron chi connectivity index (χ2n) is 8.53. The van der Waals surface area contributed by atoms with Gasteiger partial charge in [-0.2, -0.15) is 0 Å². The highest BCUT2D eigenvalue weighted by Crippen LogP contribution is 2.37. The van der Waals surface area contributed by atoms with E-state index in [1.165, 1.54) is 17.7 Å². The van der Waals surface area contributed by atoms with Crippen molar-refractivity contribution in [2.24, 2.45) is 11.8 Å². The minimum Gasteiger partial charge on any atom is -0.389 e. The van der Waals surface area contributed by atoms with E-state index in [-0.39, 0.29) is 11.8 Å². The van der Waals surface area contributed by atoms with Gasteiger partial charge in [0, 0.05) is 55.2 Å². The minimum absolute atomic E-state index is 0.201. The van der Waals surface area contributed by atoms with Crippen molar-refractivity contribution in [3.05, 3.63) is 30.3 Å². The Kier molecular flexibility index (Phi) is 6.10. The summed E-state index contributed by atoms with van der Waals surface area (Å²) in [5.41, 5.74) is -0.560. The van der Waals surface area contributed by atoms with E-state index in [1.54, 1.807) is 0 Å². The number of carbonyl (C=O) groups is 1. The van der Waals surface area contributed by atoms with Crippen LogP contribution in [0.3, 0.4) is 0 Å². The Hall–Kier alpha value is -1.04. The number of fused-ring (bicyclic) bond motifs is 1. The van der Waals surface area contributed by atoms with Crippen LogP contribution < -0.4 is 0 Å². The van der Waals surface area contributed by atoms with Gasteiger partial charge in [0.1, 0.15) is 0 Å². The molecule has 2 saturated heterocycles. The van der Waals surface area contributed by atoms with Crippen LogP contribution in [0.1, 0.15) is 38.5 Å². The van der Waals surface area contributed by atoms with Crippen LogP contribution >= 0.6 is 11.8 Å². The second kappa shape index (κ2) is 8.54. The molecule has 1 N–H and O–H groups in total. The summed E-state index contributed by atoms with van der Waals surface area (Å²) in [6.07, 6.45) is 6.12. The molecule has 4 nitrogen and oxygen atoms in total. The van der Waals surface area contributed by atoms with E-state index in [2.05, 4.69) is 40.1 Å². The Balaban J connectivity index is 1.29. The van der Waals surface area contributed by atoms with E-state index in [1.807, 2.05) is 11.8 Å². The first-order valence-electron chi connectivity index (χ1n) is 10.6. The van der Waals surface area contributed by atoms with Crippen molar-refractivity contribution < 1.29 is 9.90 Å². The van der Waals surface area contributed by atoms with Crippen LogP contribution in [0.4, 0.5) is 0 Å². The molecule has 2 atom stereocenters. The van der Waals surface area contributed by atoms with E-state index >= 15 is 0 Å². The largest absolute Gasteiger partial charge is 0.389 e. The van der Waals surface area contributed by atoms with Crippen molar-refractivity contribution in [3.63, 3.8) is 0 Å². The maximum atomic E-state index is 12.8. The van der Waals surface area contributed by atoms with Gasteiger partial charge in [-0.3, -0.25) is 4.79 Å². The van der Waals surface area contributed by atoms with Gasteiger partial charge in [-0.05, 0) is 37.8 Å². The third-order valence-corrected chi connectivity index (χ3v) is 7.78. The van der Waals surface area contributed by atoms with Crippen LogP contribution in [0, 0.1) is 11.8 Å². The molecule has 0 aromatic heterocycles. The number of thioether (sulfide) groups is 1. The van der Waals surface area contributed by atoms with Crippen LogP contribution in [0.2, 0.25) is 0 Å². The Morgan fingerprint density at radius 3 is 2.63 bits per heavy atom. The van der Waals surface area contributed by atoms with Crippen LogP contribution in [-0.2, 0) is 4.79 Å². The molecule has 1 saturated carbocycles. The molecule has 3 fully saturated rings. The molecule has 3 aliphatic rings. The molecule has 2 heterocycles. The SMILES string of the molecule is O=C(C1CCCC1)N1CC[C@]2(O)CCN(CCSc3ccccc3)C[C@@H]2C1. The van der Waals surface area contributed by atoms with E-state index in [9.17, 15) is 9.90 Å². The van der Waals surface area contributed by atoms with Crippen molar-refractivity contribution in [1.82, 2.24) is 9.80 Å². The van der Waals surface area contributed by atoms with Crippen molar-refractivity contribution >= 4 is 17.7 Å². The molecule has 1 aromatic carbocycles. The second-order valence-corrected chi connectivity index (χ2v) is 9.70. The number of carbonyl (C=O) groups excluding carboxylic acids is 1. The number of rotatable bonds is 5. The summed E-state index contributed by atoms with van der Waals surface area (Å²) in [6, 6.07) is 10.5. The van der Waals surface area contributed by atoms with Gasteiger partial charge in [0.15, 0.2) is 0 Å². The Morgan fingerprint density at radius 1 is 1.11 bits per heavy atom. The molecule has 0 radical (unpaired) electrons. The highest BCUT2D eigenvalue weighted by molar-refractivity contribution is 7.99. The monoisotopic (exact) mass is 388 g/mol. The van der Waals surface area contributed by atoms with E-state index in [0.717, 1.165) is 64.2 Å².